The number of hydrogen-bond acceptors (Lipinski definition) is 6. The molecule has 1 N–H and O–H groups in total. The van der Waals surface area contributed by atoms with Crippen molar-refractivity contribution in [1.82, 2.24) is 14.6 Å². The Morgan fingerprint density at radius 1 is 0.941 bits per heavy atom. The number of fused-ring (bicyclic) bond motifs is 1. The lowest BCUT2D eigenvalue weighted by molar-refractivity contribution is 0.0696. The summed E-state index contributed by atoms with van der Waals surface area (Å²) in [6.07, 6.45) is 3.05. The molecule has 8 heteroatoms. The molecule has 176 valence electrons. The van der Waals surface area contributed by atoms with Gasteiger partial charge in [0, 0.05) is 24.2 Å². The predicted octanol–water partition coefficient (Wildman–Crippen LogP) is 4.95. The molecule has 0 aliphatic heterocycles. The van der Waals surface area contributed by atoms with Crippen molar-refractivity contribution in [3.63, 3.8) is 0 Å². The van der Waals surface area contributed by atoms with Crippen molar-refractivity contribution < 1.29 is 24.2 Å². The van der Waals surface area contributed by atoms with Crippen molar-refractivity contribution in [1.29, 1.82) is 0 Å². The molecule has 4 rings (SSSR count). The number of nitrogens with zero attached hydrogens (tertiary/aromatic N) is 3. The summed E-state index contributed by atoms with van der Waals surface area (Å²) >= 11 is 0. The fraction of sp³-hybridized carbons (Fsp3) is 0.231. The van der Waals surface area contributed by atoms with E-state index >= 15 is 0 Å². The van der Waals surface area contributed by atoms with E-state index in [1.54, 1.807) is 43.1 Å². The standard InChI is InChI=1S/C17H17N3O3.C9H10O2/c1-4-14(21)12-10-17-18-8-7-13(20(17)19-12)11-5-6-15(22-2)16(9-11)23-3;1-2-7-3-5-8(6-4-7)9(10)11/h5-10H,4H2,1-3H3;3-6H,2H2,1H3,(H,10,11). The molecule has 2 aromatic heterocycles. The highest BCUT2D eigenvalue weighted by Gasteiger charge is 2.14. The molecular formula is C26H27N3O5. The van der Waals surface area contributed by atoms with Crippen LogP contribution in [0.3, 0.4) is 0 Å². The maximum atomic E-state index is 11.9. The van der Waals surface area contributed by atoms with Crippen LogP contribution >= 0.6 is 0 Å². The number of aromatic nitrogens is 3. The number of ketones is 1. The van der Waals surface area contributed by atoms with E-state index in [9.17, 15) is 9.59 Å². The summed E-state index contributed by atoms with van der Waals surface area (Å²) in [4.78, 5) is 26.5. The normalized spacial score (nSPS) is 10.4. The Bertz CT molecular complexity index is 1300. The van der Waals surface area contributed by atoms with Crippen molar-refractivity contribution in [2.24, 2.45) is 0 Å². The largest absolute Gasteiger partial charge is 0.493 e. The van der Waals surface area contributed by atoms with Crippen LogP contribution in [-0.2, 0) is 6.42 Å². The van der Waals surface area contributed by atoms with Gasteiger partial charge in [0.05, 0.1) is 25.5 Å². The first-order valence-corrected chi connectivity index (χ1v) is 10.8. The molecule has 0 aliphatic rings. The van der Waals surface area contributed by atoms with E-state index in [1.165, 1.54) is 0 Å². The smallest absolute Gasteiger partial charge is 0.335 e. The zero-order chi connectivity index (χ0) is 24.7. The average Bonchev–Trinajstić information content (AvgIpc) is 3.32. The molecule has 0 saturated heterocycles. The summed E-state index contributed by atoms with van der Waals surface area (Å²) in [7, 11) is 3.19. The highest BCUT2D eigenvalue weighted by atomic mass is 16.5. The van der Waals surface area contributed by atoms with E-state index in [0.29, 0.717) is 34.8 Å². The average molecular weight is 462 g/mol. The van der Waals surface area contributed by atoms with Crippen LogP contribution < -0.4 is 9.47 Å². The van der Waals surface area contributed by atoms with Gasteiger partial charge in [0.1, 0.15) is 5.69 Å². The Morgan fingerprint density at radius 2 is 1.65 bits per heavy atom. The van der Waals surface area contributed by atoms with Crippen LogP contribution in [0, 0.1) is 0 Å². The summed E-state index contributed by atoms with van der Waals surface area (Å²) in [6, 6.07) is 16.1. The molecule has 2 aromatic carbocycles. The van der Waals surface area contributed by atoms with E-state index in [0.717, 1.165) is 23.2 Å². The van der Waals surface area contributed by atoms with Crippen LogP contribution in [0.15, 0.2) is 60.8 Å². The molecule has 0 radical (unpaired) electrons. The predicted molar refractivity (Wildman–Crippen MR) is 129 cm³/mol. The number of Topliss-reactive ketones (excluding diaryl/α,β-unsaturated/α-hetero) is 1. The van der Waals surface area contributed by atoms with Gasteiger partial charge in [-0.3, -0.25) is 4.79 Å². The minimum atomic E-state index is -0.868. The number of benzene rings is 2. The zero-order valence-electron chi connectivity index (χ0n) is 19.6. The van der Waals surface area contributed by atoms with E-state index in [4.69, 9.17) is 14.6 Å². The number of aromatic carboxylic acids is 1. The van der Waals surface area contributed by atoms with Gasteiger partial charge in [0.2, 0.25) is 0 Å². The van der Waals surface area contributed by atoms with Crippen LogP contribution in [0.2, 0.25) is 0 Å². The van der Waals surface area contributed by atoms with Crippen LogP contribution in [0.5, 0.6) is 11.5 Å². The fourth-order valence-corrected chi connectivity index (χ4v) is 3.31. The molecule has 0 saturated carbocycles. The third kappa shape index (κ3) is 5.40. The molecule has 8 nitrogen and oxygen atoms in total. The van der Waals surface area contributed by atoms with Crippen LogP contribution in [0.4, 0.5) is 0 Å². The quantitative estimate of drug-likeness (QED) is 0.388. The second-order valence-corrected chi connectivity index (χ2v) is 7.33. The molecule has 0 aliphatic carbocycles. The van der Waals surface area contributed by atoms with Gasteiger partial charge in [-0.05, 0) is 48.4 Å². The molecule has 0 bridgehead atoms. The molecule has 0 fully saturated rings. The first-order chi connectivity index (χ1) is 16.4. The fourth-order valence-electron chi connectivity index (χ4n) is 3.31. The van der Waals surface area contributed by atoms with E-state index in [1.807, 2.05) is 50.2 Å². The maximum Gasteiger partial charge on any atom is 0.335 e. The van der Waals surface area contributed by atoms with E-state index in [2.05, 4.69) is 10.1 Å². The van der Waals surface area contributed by atoms with Crippen LogP contribution in [-0.4, -0.2) is 45.7 Å². The Morgan fingerprint density at radius 3 is 2.24 bits per heavy atom. The Labute approximate surface area is 197 Å². The first kappa shape index (κ1) is 24.4. The number of carboxylic acids is 1. The Kier molecular flexibility index (Phi) is 7.97. The number of carbonyl (C=O) groups excluding carboxylic acids is 1. The molecule has 0 spiro atoms. The van der Waals surface area contributed by atoms with Crippen molar-refractivity contribution in [2.45, 2.75) is 26.7 Å². The van der Waals surface area contributed by atoms with Crippen molar-refractivity contribution >= 4 is 17.4 Å². The SMILES string of the molecule is CCC(=O)c1cc2nccc(-c3ccc(OC)c(OC)c3)n2n1.CCc1ccc(C(=O)O)cc1. The van der Waals surface area contributed by atoms with Crippen LogP contribution in [0.25, 0.3) is 16.9 Å². The van der Waals surface area contributed by atoms with Gasteiger partial charge in [-0.15, -0.1) is 0 Å². The number of hydrogen-bond donors (Lipinski definition) is 1. The second kappa shape index (κ2) is 11.1. The molecule has 2 heterocycles. The minimum absolute atomic E-state index is 0.00578. The van der Waals surface area contributed by atoms with Crippen LogP contribution in [0.1, 0.15) is 46.7 Å². The lowest BCUT2D eigenvalue weighted by atomic mass is 10.1. The molecule has 0 unspecified atom stereocenters. The highest BCUT2D eigenvalue weighted by Crippen LogP contribution is 2.32. The van der Waals surface area contributed by atoms with Crippen molar-refractivity contribution in [3.8, 4) is 22.8 Å². The monoisotopic (exact) mass is 461 g/mol. The number of methoxy groups -OCH3 is 2. The molecule has 0 amide bonds. The van der Waals surface area contributed by atoms with Gasteiger partial charge >= 0.3 is 5.97 Å². The summed E-state index contributed by atoms with van der Waals surface area (Å²) < 4.78 is 12.3. The topological polar surface area (TPSA) is 103 Å². The summed E-state index contributed by atoms with van der Waals surface area (Å²) in [5.74, 6) is 0.414. The molecule has 0 atom stereocenters. The third-order valence-electron chi connectivity index (χ3n) is 5.25. The minimum Gasteiger partial charge on any atom is -0.493 e. The Balaban J connectivity index is 0.000000248. The first-order valence-electron chi connectivity index (χ1n) is 10.8. The maximum absolute atomic E-state index is 11.9. The number of ether oxygens (including phenoxy) is 2. The Hall–Kier alpha value is -4.20. The van der Waals surface area contributed by atoms with Gasteiger partial charge in [-0.25, -0.2) is 14.3 Å². The van der Waals surface area contributed by atoms with Gasteiger partial charge in [-0.1, -0.05) is 26.0 Å². The second-order valence-electron chi connectivity index (χ2n) is 7.33. The molecule has 4 aromatic rings. The molecular weight excluding hydrogens is 434 g/mol. The van der Waals surface area contributed by atoms with Crippen molar-refractivity contribution in [2.75, 3.05) is 14.2 Å². The van der Waals surface area contributed by atoms with Gasteiger partial charge < -0.3 is 14.6 Å². The lowest BCUT2D eigenvalue weighted by Gasteiger charge is -2.10. The molecule has 34 heavy (non-hydrogen) atoms. The van der Waals surface area contributed by atoms with Gasteiger partial charge in [0.25, 0.3) is 0 Å². The zero-order valence-corrected chi connectivity index (χ0v) is 19.6. The van der Waals surface area contributed by atoms with E-state index in [-0.39, 0.29) is 5.78 Å². The summed E-state index contributed by atoms with van der Waals surface area (Å²) in [5.41, 5.74) is 4.29. The number of aryl methyl sites for hydroxylation is 1. The number of rotatable bonds is 7. The number of carbonyl (C=O) groups is 2. The highest BCUT2D eigenvalue weighted by molar-refractivity contribution is 5.95. The van der Waals surface area contributed by atoms with Crippen molar-refractivity contribution in [3.05, 3.63) is 77.6 Å². The van der Waals surface area contributed by atoms with E-state index < -0.39 is 5.97 Å². The third-order valence-corrected chi connectivity index (χ3v) is 5.25. The van der Waals surface area contributed by atoms with Gasteiger partial charge in [-0.2, -0.15) is 5.10 Å². The van der Waals surface area contributed by atoms with Gasteiger partial charge in [0.15, 0.2) is 22.9 Å². The summed E-state index contributed by atoms with van der Waals surface area (Å²) in [5, 5.41) is 12.9. The number of carboxylic acid groups (broad SMARTS) is 1. The summed E-state index contributed by atoms with van der Waals surface area (Å²) in [6.45, 7) is 3.85. The lowest BCUT2D eigenvalue weighted by Crippen LogP contribution is -2.00.